The van der Waals surface area contributed by atoms with Crippen LogP contribution in [0.2, 0.25) is 0 Å². The van der Waals surface area contributed by atoms with Gasteiger partial charge in [-0.2, -0.15) is 0 Å². The Labute approximate surface area is 104 Å². The van der Waals surface area contributed by atoms with Crippen molar-refractivity contribution in [2.75, 3.05) is 0 Å². The van der Waals surface area contributed by atoms with Crippen molar-refractivity contribution >= 4 is 5.97 Å². The third-order valence-electron chi connectivity index (χ3n) is 2.65. The number of nitrogens with one attached hydrogen (secondary N) is 1. The third kappa shape index (κ3) is 2.34. The van der Waals surface area contributed by atoms with Gasteiger partial charge in [0, 0.05) is 11.8 Å². The van der Waals surface area contributed by atoms with Crippen LogP contribution in [0.1, 0.15) is 29.4 Å². The highest BCUT2D eigenvalue weighted by Crippen LogP contribution is 2.07. The number of aromatic nitrogens is 2. The van der Waals surface area contributed by atoms with Gasteiger partial charge in [0.15, 0.2) is 0 Å². The van der Waals surface area contributed by atoms with Crippen LogP contribution in [0.3, 0.4) is 0 Å². The van der Waals surface area contributed by atoms with E-state index in [-0.39, 0.29) is 11.1 Å². The van der Waals surface area contributed by atoms with Gasteiger partial charge >= 0.3 is 0 Å². The van der Waals surface area contributed by atoms with E-state index < -0.39 is 5.97 Å². The summed E-state index contributed by atoms with van der Waals surface area (Å²) in [6, 6.07) is 7.52. The molecule has 5 heteroatoms. The summed E-state index contributed by atoms with van der Waals surface area (Å²) in [4.78, 5) is 22.4. The molecule has 2 aromatic rings. The van der Waals surface area contributed by atoms with Crippen LogP contribution in [-0.2, 0) is 6.42 Å². The zero-order valence-corrected chi connectivity index (χ0v) is 9.97. The number of carboxylic acids is 1. The van der Waals surface area contributed by atoms with Crippen molar-refractivity contribution in [3.63, 3.8) is 0 Å². The smallest absolute Gasteiger partial charge is 0.271 e. The number of nitrogens with zero attached hydrogens (tertiary/aromatic N) is 1. The summed E-state index contributed by atoms with van der Waals surface area (Å²) in [5.74, 6) is -1.23. The average Bonchev–Trinajstić information content (AvgIpc) is 2.71. The van der Waals surface area contributed by atoms with E-state index in [4.69, 9.17) is 0 Å². The summed E-state index contributed by atoms with van der Waals surface area (Å²) in [7, 11) is 0. The molecule has 0 aliphatic rings. The molecule has 0 amide bonds. The number of hydrogen-bond acceptors (Lipinski definition) is 3. The lowest BCUT2D eigenvalue weighted by Gasteiger charge is -2.05. The summed E-state index contributed by atoms with van der Waals surface area (Å²) in [6.45, 7) is 2.03. The van der Waals surface area contributed by atoms with Crippen LogP contribution >= 0.6 is 0 Å². The Bertz CT molecular complexity index is 608. The zero-order chi connectivity index (χ0) is 13.1. The fourth-order valence-electron chi connectivity index (χ4n) is 1.78. The number of carbonyl (C=O) groups is 1. The molecular weight excluding hydrogens is 232 g/mol. The number of aromatic carboxylic acids is 1. The minimum atomic E-state index is -1.23. The van der Waals surface area contributed by atoms with E-state index in [0.29, 0.717) is 5.69 Å². The number of H-pyrrole nitrogens is 1. The molecule has 1 heterocycles. The Morgan fingerprint density at radius 2 is 2.00 bits per heavy atom. The predicted molar refractivity (Wildman–Crippen MR) is 64.7 cm³/mol. The molecule has 0 fully saturated rings. The van der Waals surface area contributed by atoms with Crippen molar-refractivity contribution in [2.24, 2.45) is 0 Å². The minimum absolute atomic E-state index is 0.0899. The van der Waals surface area contributed by atoms with Crippen LogP contribution in [-0.4, -0.2) is 15.7 Å². The van der Waals surface area contributed by atoms with E-state index in [1.807, 2.05) is 6.92 Å². The lowest BCUT2D eigenvalue weighted by atomic mass is 10.2. The van der Waals surface area contributed by atoms with Gasteiger partial charge in [-0.15, -0.1) is 0 Å². The lowest BCUT2D eigenvalue weighted by molar-refractivity contribution is -0.255. The first kappa shape index (κ1) is 12.2. The van der Waals surface area contributed by atoms with E-state index >= 15 is 0 Å². The Morgan fingerprint density at radius 3 is 2.56 bits per heavy atom. The molecule has 0 radical (unpaired) electrons. The zero-order valence-electron chi connectivity index (χ0n) is 9.97. The molecule has 1 N–H and O–H groups in total. The second-order valence-electron chi connectivity index (χ2n) is 4.04. The molecule has 1 aromatic carbocycles. The first-order chi connectivity index (χ1) is 8.61. The quantitative estimate of drug-likeness (QED) is 0.851. The molecular formula is C13H13N2O3-. The molecule has 0 unspecified atom stereocenters. The minimum Gasteiger partial charge on any atom is -0.545 e. The van der Waals surface area contributed by atoms with Crippen LogP contribution in [0.4, 0.5) is 0 Å². The highest BCUT2D eigenvalue weighted by molar-refractivity contribution is 5.85. The van der Waals surface area contributed by atoms with Gasteiger partial charge in [0.25, 0.3) is 5.56 Å². The number of benzene rings is 1. The third-order valence-corrected chi connectivity index (χ3v) is 2.65. The molecule has 0 aliphatic heterocycles. The normalized spacial score (nSPS) is 10.5. The summed E-state index contributed by atoms with van der Waals surface area (Å²) in [5, 5.41) is 13.6. The summed E-state index contributed by atoms with van der Waals surface area (Å²) < 4.78 is 1.39. The van der Waals surface area contributed by atoms with E-state index in [9.17, 15) is 14.7 Å². The van der Waals surface area contributed by atoms with Crippen molar-refractivity contribution in [3.05, 3.63) is 51.9 Å². The molecule has 0 bridgehead atoms. The fraction of sp³-hybridized carbons (Fsp3) is 0.231. The van der Waals surface area contributed by atoms with Crippen molar-refractivity contribution < 1.29 is 9.90 Å². The van der Waals surface area contributed by atoms with Crippen molar-refractivity contribution in [1.29, 1.82) is 0 Å². The first-order valence-corrected chi connectivity index (χ1v) is 5.74. The molecule has 0 saturated heterocycles. The van der Waals surface area contributed by atoms with E-state index in [2.05, 4.69) is 5.10 Å². The van der Waals surface area contributed by atoms with Gasteiger partial charge in [0.05, 0.1) is 11.7 Å². The molecule has 0 spiro atoms. The van der Waals surface area contributed by atoms with Gasteiger partial charge in [-0.05, 0) is 24.1 Å². The molecule has 0 saturated carbocycles. The second-order valence-corrected chi connectivity index (χ2v) is 4.04. The summed E-state index contributed by atoms with van der Waals surface area (Å²) in [5.41, 5.74) is 1.41. The fourth-order valence-corrected chi connectivity index (χ4v) is 1.78. The first-order valence-electron chi connectivity index (χ1n) is 5.74. The molecule has 2 rings (SSSR count). The number of aromatic amines is 1. The standard InChI is InChI=1S/C13H14N2O3/c1-2-3-10-8-12(16)15(14-10)11-6-4-9(5-7-11)13(17)18/h4-8,14H,2-3H2,1H3,(H,17,18)/p-1. The Kier molecular flexibility index (Phi) is 3.32. The van der Waals surface area contributed by atoms with Crippen LogP contribution < -0.4 is 10.7 Å². The van der Waals surface area contributed by atoms with Crippen LogP contribution in [0.15, 0.2) is 35.1 Å². The van der Waals surface area contributed by atoms with Gasteiger partial charge in [-0.25, -0.2) is 4.68 Å². The largest absolute Gasteiger partial charge is 0.545 e. The number of carboxylic acid groups (broad SMARTS) is 1. The van der Waals surface area contributed by atoms with Crippen molar-refractivity contribution in [2.45, 2.75) is 19.8 Å². The van der Waals surface area contributed by atoms with Gasteiger partial charge in [-0.3, -0.25) is 9.89 Å². The highest BCUT2D eigenvalue weighted by Gasteiger charge is 2.04. The number of rotatable bonds is 4. The number of hydrogen-bond donors (Lipinski definition) is 1. The second kappa shape index (κ2) is 4.91. The maximum atomic E-state index is 11.7. The number of aryl methyl sites for hydroxylation is 1. The summed E-state index contributed by atoms with van der Waals surface area (Å²) >= 11 is 0. The number of carbonyl (C=O) groups excluding carboxylic acids is 1. The SMILES string of the molecule is CCCc1cc(=O)n(-c2ccc(C(=O)[O-])cc2)[nH]1. The van der Waals surface area contributed by atoms with Gasteiger partial charge in [-0.1, -0.05) is 25.5 Å². The summed E-state index contributed by atoms with van der Waals surface area (Å²) in [6.07, 6.45) is 1.75. The molecule has 1 aromatic heterocycles. The van der Waals surface area contributed by atoms with Crippen molar-refractivity contribution in [3.8, 4) is 5.69 Å². The van der Waals surface area contributed by atoms with E-state index in [1.54, 1.807) is 18.2 Å². The molecule has 5 nitrogen and oxygen atoms in total. The van der Waals surface area contributed by atoms with Crippen LogP contribution in [0, 0.1) is 0 Å². The lowest BCUT2D eigenvalue weighted by Crippen LogP contribution is -2.22. The monoisotopic (exact) mass is 245 g/mol. The Balaban J connectivity index is 2.36. The topological polar surface area (TPSA) is 77.9 Å². The van der Waals surface area contributed by atoms with Gasteiger partial charge in [0.1, 0.15) is 0 Å². The predicted octanol–water partition coefficient (Wildman–Crippen LogP) is 0.482. The Morgan fingerprint density at radius 1 is 1.33 bits per heavy atom. The van der Waals surface area contributed by atoms with Crippen LogP contribution in [0.5, 0.6) is 0 Å². The molecule has 18 heavy (non-hydrogen) atoms. The molecule has 0 atom stereocenters. The maximum absolute atomic E-state index is 11.7. The Hall–Kier alpha value is -2.30. The average molecular weight is 245 g/mol. The van der Waals surface area contributed by atoms with Gasteiger partial charge in [0.2, 0.25) is 0 Å². The van der Waals surface area contributed by atoms with Crippen LogP contribution in [0.25, 0.3) is 5.69 Å². The molecule has 94 valence electrons. The molecule has 0 aliphatic carbocycles. The van der Waals surface area contributed by atoms with E-state index in [1.165, 1.54) is 16.8 Å². The maximum Gasteiger partial charge on any atom is 0.271 e. The van der Waals surface area contributed by atoms with Gasteiger partial charge < -0.3 is 9.90 Å². The van der Waals surface area contributed by atoms with E-state index in [0.717, 1.165) is 18.5 Å². The van der Waals surface area contributed by atoms with Crippen molar-refractivity contribution in [1.82, 2.24) is 9.78 Å². The highest BCUT2D eigenvalue weighted by atomic mass is 16.4.